The summed E-state index contributed by atoms with van der Waals surface area (Å²) in [4.78, 5) is 4.05. The van der Waals surface area contributed by atoms with Crippen LogP contribution in [0.15, 0.2) is 18.3 Å². The summed E-state index contributed by atoms with van der Waals surface area (Å²) in [7, 11) is 1.63. The molecule has 1 heterocycles. The second-order valence-electron chi connectivity index (χ2n) is 3.21. The van der Waals surface area contributed by atoms with Crippen LogP contribution in [0.5, 0.6) is 5.88 Å². The van der Waals surface area contributed by atoms with E-state index < -0.39 is 0 Å². The summed E-state index contributed by atoms with van der Waals surface area (Å²) in [6.45, 7) is 1.01. The first kappa shape index (κ1) is 12.2. The Bertz CT molecular complexity index is 281. The molecule has 4 heteroatoms. The molecule has 1 N–H and O–H groups in total. The monoisotopic (exact) mass is 226 g/mol. The van der Waals surface area contributed by atoms with Gasteiger partial charge in [0.1, 0.15) is 0 Å². The van der Waals surface area contributed by atoms with Crippen LogP contribution in [0, 0.1) is 0 Å². The number of aromatic nitrogens is 1. The van der Waals surface area contributed by atoms with Crippen LogP contribution in [0.4, 0.5) is 5.69 Å². The van der Waals surface area contributed by atoms with E-state index in [1.165, 1.54) is 18.6 Å². The maximum atomic E-state index is 5.05. The van der Waals surface area contributed by atoms with Crippen LogP contribution >= 0.6 is 11.8 Å². The molecular weight excluding hydrogens is 208 g/mol. The van der Waals surface area contributed by atoms with Crippen LogP contribution in [0.25, 0.3) is 0 Å². The molecule has 0 atom stereocenters. The molecule has 1 aromatic heterocycles. The van der Waals surface area contributed by atoms with Gasteiger partial charge >= 0.3 is 0 Å². The minimum Gasteiger partial charge on any atom is -0.481 e. The third-order valence-corrected chi connectivity index (χ3v) is 2.75. The van der Waals surface area contributed by atoms with Gasteiger partial charge in [0, 0.05) is 24.5 Å². The number of nitrogens with one attached hydrogen (secondary N) is 1. The second kappa shape index (κ2) is 7.40. The molecule has 3 nitrogen and oxygen atoms in total. The van der Waals surface area contributed by atoms with Gasteiger partial charge in [0.15, 0.2) is 0 Å². The van der Waals surface area contributed by atoms with Gasteiger partial charge in [0.2, 0.25) is 5.88 Å². The maximum absolute atomic E-state index is 5.05. The molecule has 0 fully saturated rings. The van der Waals surface area contributed by atoms with Crippen molar-refractivity contribution in [3.63, 3.8) is 0 Å². The van der Waals surface area contributed by atoms with E-state index in [4.69, 9.17) is 4.74 Å². The minimum absolute atomic E-state index is 0.657. The largest absolute Gasteiger partial charge is 0.481 e. The fourth-order valence-electron chi connectivity index (χ4n) is 1.24. The van der Waals surface area contributed by atoms with Crippen LogP contribution in [0.3, 0.4) is 0 Å². The lowest BCUT2D eigenvalue weighted by molar-refractivity contribution is 0.398. The smallest absolute Gasteiger partial charge is 0.214 e. The standard InChI is InChI=1S/C11H18N2OS/c1-14-11-9-10(5-7-13-11)12-6-3-4-8-15-2/h5,7,9H,3-4,6,8H2,1-2H3,(H,12,13). The summed E-state index contributed by atoms with van der Waals surface area (Å²) in [6, 6.07) is 3.87. The van der Waals surface area contributed by atoms with Crippen molar-refractivity contribution in [1.29, 1.82) is 0 Å². The fraction of sp³-hybridized carbons (Fsp3) is 0.545. The molecule has 1 rings (SSSR count). The Labute approximate surface area is 95.6 Å². The fourth-order valence-corrected chi connectivity index (χ4v) is 1.73. The summed E-state index contributed by atoms with van der Waals surface area (Å²) in [6.07, 6.45) is 6.35. The summed E-state index contributed by atoms with van der Waals surface area (Å²) in [5.41, 5.74) is 1.08. The van der Waals surface area contributed by atoms with E-state index >= 15 is 0 Å². The number of pyridine rings is 1. The van der Waals surface area contributed by atoms with E-state index in [0.717, 1.165) is 12.2 Å². The van der Waals surface area contributed by atoms with Gasteiger partial charge in [-0.05, 0) is 30.9 Å². The number of rotatable bonds is 7. The lowest BCUT2D eigenvalue weighted by Gasteiger charge is -2.06. The quantitative estimate of drug-likeness (QED) is 0.725. The highest BCUT2D eigenvalue weighted by Gasteiger charge is 1.95. The maximum Gasteiger partial charge on any atom is 0.214 e. The Morgan fingerprint density at radius 1 is 1.47 bits per heavy atom. The second-order valence-corrected chi connectivity index (χ2v) is 4.20. The van der Waals surface area contributed by atoms with Crippen LogP contribution in [-0.2, 0) is 0 Å². The molecule has 0 bridgehead atoms. The van der Waals surface area contributed by atoms with E-state index in [9.17, 15) is 0 Å². The molecule has 0 unspecified atom stereocenters. The van der Waals surface area contributed by atoms with E-state index in [-0.39, 0.29) is 0 Å². The van der Waals surface area contributed by atoms with Crippen LogP contribution < -0.4 is 10.1 Å². The van der Waals surface area contributed by atoms with E-state index in [1.54, 1.807) is 13.3 Å². The van der Waals surface area contributed by atoms with Crippen molar-refractivity contribution in [2.24, 2.45) is 0 Å². The molecule has 0 radical (unpaired) electrons. The average molecular weight is 226 g/mol. The summed E-state index contributed by atoms with van der Waals surface area (Å²) in [5.74, 6) is 1.89. The highest BCUT2D eigenvalue weighted by atomic mass is 32.2. The van der Waals surface area contributed by atoms with Gasteiger partial charge < -0.3 is 10.1 Å². The van der Waals surface area contributed by atoms with Crippen molar-refractivity contribution in [2.75, 3.05) is 31.0 Å². The molecule has 0 saturated carbocycles. The first-order valence-corrected chi connectivity index (χ1v) is 6.49. The number of nitrogens with zero attached hydrogens (tertiary/aromatic N) is 1. The third kappa shape index (κ3) is 4.93. The summed E-state index contributed by atoms with van der Waals surface area (Å²) < 4.78 is 5.05. The Balaban J connectivity index is 2.24. The third-order valence-electron chi connectivity index (χ3n) is 2.05. The van der Waals surface area contributed by atoms with E-state index in [2.05, 4.69) is 16.6 Å². The molecule has 0 aliphatic carbocycles. The Hall–Kier alpha value is -0.900. The average Bonchev–Trinajstić information content (AvgIpc) is 2.29. The van der Waals surface area contributed by atoms with Gasteiger partial charge in [-0.15, -0.1) is 0 Å². The Kier molecular flexibility index (Phi) is 6.00. The molecular formula is C11H18N2OS. The van der Waals surface area contributed by atoms with Gasteiger partial charge in [-0.3, -0.25) is 0 Å². The molecule has 0 amide bonds. The van der Waals surface area contributed by atoms with Crippen LogP contribution in [0.2, 0.25) is 0 Å². The number of methoxy groups -OCH3 is 1. The molecule has 0 spiro atoms. The summed E-state index contributed by atoms with van der Waals surface area (Å²) in [5, 5.41) is 3.35. The van der Waals surface area contributed by atoms with Gasteiger partial charge in [-0.25, -0.2) is 4.98 Å². The number of hydrogen-bond donors (Lipinski definition) is 1. The predicted molar refractivity (Wildman–Crippen MR) is 66.9 cm³/mol. The summed E-state index contributed by atoms with van der Waals surface area (Å²) >= 11 is 1.90. The van der Waals surface area contributed by atoms with Crippen molar-refractivity contribution in [3.8, 4) is 5.88 Å². The minimum atomic E-state index is 0.657. The zero-order valence-corrected chi connectivity index (χ0v) is 10.1. The Morgan fingerprint density at radius 2 is 2.33 bits per heavy atom. The number of thioether (sulfide) groups is 1. The van der Waals surface area contributed by atoms with E-state index in [0.29, 0.717) is 5.88 Å². The van der Waals surface area contributed by atoms with Crippen molar-refractivity contribution in [2.45, 2.75) is 12.8 Å². The molecule has 0 aliphatic rings. The number of ether oxygens (including phenoxy) is 1. The van der Waals surface area contributed by atoms with E-state index in [1.807, 2.05) is 23.9 Å². The zero-order valence-electron chi connectivity index (χ0n) is 9.32. The lowest BCUT2D eigenvalue weighted by atomic mass is 10.3. The zero-order chi connectivity index (χ0) is 10.9. The molecule has 0 aliphatic heterocycles. The lowest BCUT2D eigenvalue weighted by Crippen LogP contribution is -2.02. The molecule has 1 aromatic rings. The first-order valence-electron chi connectivity index (χ1n) is 5.09. The highest BCUT2D eigenvalue weighted by Crippen LogP contribution is 2.13. The Morgan fingerprint density at radius 3 is 3.07 bits per heavy atom. The predicted octanol–water partition coefficient (Wildman–Crippen LogP) is 2.65. The SMILES string of the molecule is COc1cc(NCCCCSC)ccn1. The number of anilines is 1. The number of hydrogen-bond acceptors (Lipinski definition) is 4. The highest BCUT2D eigenvalue weighted by molar-refractivity contribution is 7.98. The topological polar surface area (TPSA) is 34.1 Å². The molecule has 0 saturated heterocycles. The molecule has 15 heavy (non-hydrogen) atoms. The van der Waals surface area contributed by atoms with Gasteiger partial charge in [-0.2, -0.15) is 11.8 Å². The van der Waals surface area contributed by atoms with Crippen LogP contribution in [-0.4, -0.2) is 30.6 Å². The van der Waals surface area contributed by atoms with Gasteiger partial charge in [-0.1, -0.05) is 0 Å². The first-order chi connectivity index (χ1) is 7.36. The normalized spacial score (nSPS) is 10.0. The number of unbranched alkanes of at least 4 members (excludes halogenated alkanes) is 1. The molecule has 0 aromatic carbocycles. The van der Waals surface area contributed by atoms with Crippen molar-refractivity contribution < 1.29 is 4.74 Å². The van der Waals surface area contributed by atoms with Gasteiger partial charge in [0.05, 0.1) is 7.11 Å². The van der Waals surface area contributed by atoms with Crippen molar-refractivity contribution in [3.05, 3.63) is 18.3 Å². The van der Waals surface area contributed by atoms with Crippen molar-refractivity contribution >= 4 is 17.4 Å². The van der Waals surface area contributed by atoms with Gasteiger partial charge in [0.25, 0.3) is 0 Å². The van der Waals surface area contributed by atoms with Crippen LogP contribution in [0.1, 0.15) is 12.8 Å². The molecule has 84 valence electrons. The van der Waals surface area contributed by atoms with Crippen molar-refractivity contribution in [1.82, 2.24) is 4.98 Å².